The van der Waals surface area contributed by atoms with Crippen LogP contribution in [-0.2, 0) is 0 Å². The van der Waals surface area contributed by atoms with Crippen molar-refractivity contribution in [3.05, 3.63) is 56.8 Å². The molecule has 3 heteroatoms. The zero-order valence-corrected chi connectivity index (χ0v) is 11.6. The number of aromatic nitrogens is 2. The van der Waals surface area contributed by atoms with Crippen LogP contribution in [0.1, 0.15) is 28.2 Å². The molecule has 3 nitrogen and oxygen atoms in total. The average molecular weight is 252 g/mol. The largest absolute Gasteiger partial charge is 0.269 e. The molecular formula is C16H16N2O. The molecule has 0 aliphatic heterocycles. The molecule has 0 aliphatic carbocycles. The van der Waals surface area contributed by atoms with Crippen molar-refractivity contribution in [2.45, 2.75) is 27.7 Å². The summed E-state index contributed by atoms with van der Waals surface area (Å²) in [6.07, 6.45) is 5.48. The van der Waals surface area contributed by atoms with Crippen molar-refractivity contribution in [1.29, 1.82) is 0 Å². The molecule has 0 saturated carbocycles. The summed E-state index contributed by atoms with van der Waals surface area (Å²) in [5, 5.41) is 0. The average Bonchev–Trinajstić information content (AvgIpc) is 2.37. The maximum atomic E-state index is 12.4. The van der Waals surface area contributed by atoms with E-state index in [0.29, 0.717) is 17.1 Å². The van der Waals surface area contributed by atoms with Crippen molar-refractivity contribution in [1.82, 2.24) is 9.55 Å². The lowest BCUT2D eigenvalue weighted by atomic mass is 10.1. The van der Waals surface area contributed by atoms with Crippen LogP contribution in [-0.4, -0.2) is 9.55 Å². The van der Waals surface area contributed by atoms with Gasteiger partial charge in [0.25, 0.3) is 5.56 Å². The number of rotatable bonds is 1. The summed E-state index contributed by atoms with van der Waals surface area (Å²) in [6.45, 7) is 7.54. The topological polar surface area (TPSA) is 34.9 Å². The van der Waals surface area contributed by atoms with Gasteiger partial charge in [0.1, 0.15) is 0 Å². The van der Waals surface area contributed by atoms with E-state index in [9.17, 15) is 4.79 Å². The van der Waals surface area contributed by atoms with Gasteiger partial charge in [-0.3, -0.25) is 9.36 Å². The number of hydrogen-bond donors (Lipinski definition) is 0. The summed E-state index contributed by atoms with van der Waals surface area (Å²) in [6, 6.07) is 5.89. The van der Waals surface area contributed by atoms with Crippen LogP contribution in [0.25, 0.3) is 5.69 Å². The standard InChI is InChI=1S/C16H16N2O/c1-6-15-17-13(5)12(4)16(19)18(15)14-8-7-10(2)9-11(14)3/h1,7-9H,2-5H3. The second-order valence-electron chi connectivity index (χ2n) is 4.72. The fourth-order valence-corrected chi connectivity index (χ4v) is 2.09. The predicted octanol–water partition coefficient (Wildman–Crippen LogP) is 2.45. The van der Waals surface area contributed by atoms with Crippen LogP contribution in [0.4, 0.5) is 0 Å². The van der Waals surface area contributed by atoms with E-state index in [4.69, 9.17) is 6.42 Å². The minimum absolute atomic E-state index is 0.104. The van der Waals surface area contributed by atoms with Crippen molar-refractivity contribution in [2.75, 3.05) is 0 Å². The van der Waals surface area contributed by atoms with Gasteiger partial charge in [0.15, 0.2) is 5.82 Å². The highest BCUT2D eigenvalue weighted by Gasteiger charge is 2.13. The van der Waals surface area contributed by atoms with Crippen LogP contribution in [0.15, 0.2) is 23.0 Å². The molecule has 19 heavy (non-hydrogen) atoms. The van der Waals surface area contributed by atoms with Gasteiger partial charge < -0.3 is 0 Å². The number of hydrogen-bond acceptors (Lipinski definition) is 2. The van der Waals surface area contributed by atoms with E-state index in [1.165, 1.54) is 4.57 Å². The third kappa shape index (κ3) is 2.17. The summed E-state index contributed by atoms with van der Waals surface area (Å²) >= 11 is 0. The maximum absolute atomic E-state index is 12.4. The van der Waals surface area contributed by atoms with Gasteiger partial charge in [0.05, 0.1) is 5.69 Å². The van der Waals surface area contributed by atoms with Gasteiger partial charge in [-0.15, -0.1) is 6.42 Å². The molecule has 1 aromatic carbocycles. The number of aryl methyl sites for hydroxylation is 3. The Morgan fingerprint density at radius 3 is 2.47 bits per heavy atom. The molecule has 0 unspecified atom stereocenters. The van der Waals surface area contributed by atoms with E-state index in [1.807, 2.05) is 32.0 Å². The fourth-order valence-electron chi connectivity index (χ4n) is 2.09. The van der Waals surface area contributed by atoms with Gasteiger partial charge in [-0.05, 0) is 45.2 Å². The third-order valence-electron chi connectivity index (χ3n) is 3.27. The normalized spacial score (nSPS) is 10.3. The van der Waals surface area contributed by atoms with Crippen molar-refractivity contribution >= 4 is 0 Å². The smallest absolute Gasteiger partial charge is 0.262 e. The van der Waals surface area contributed by atoms with E-state index in [-0.39, 0.29) is 5.56 Å². The Kier molecular flexibility index (Phi) is 3.26. The minimum atomic E-state index is -0.104. The van der Waals surface area contributed by atoms with E-state index in [2.05, 4.69) is 10.9 Å². The first kappa shape index (κ1) is 13.1. The molecule has 96 valence electrons. The molecule has 0 fully saturated rings. The lowest BCUT2D eigenvalue weighted by Gasteiger charge is -2.13. The summed E-state index contributed by atoms with van der Waals surface area (Å²) in [5.74, 6) is 2.84. The zero-order chi connectivity index (χ0) is 14.2. The van der Waals surface area contributed by atoms with Crippen LogP contribution in [0.3, 0.4) is 0 Å². The van der Waals surface area contributed by atoms with Crippen molar-refractivity contribution in [2.24, 2.45) is 0 Å². The summed E-state index contributed by atoms with van der Waals surface area (Å²) < 4.78 is 1.51. The van der Waals surface area contributed by atoms with Crippen LogP contribution in [0.5, 0.6) is 0 Å². The molecule has 0 aliphatic rings. The van der Waals surface area contributed by atoms with E-state index in [1.54, 1.807) is 13.8 Å². The van der Waals surface area contributed by atoms with Gasteiger partial charge in [-0.2, -0.15) is 0 Å². The molecule has 0 amide bonds. The first-order valence-corrected chi connectivity index (χ1v) is 6.10. The summed E-state index contributed by atoms with van der Waals surface area (Å²) in [7, 11) is 0. The summed E-state index contributed by atoms with van der Waals surface area (Å²) in [5.41, 5.74) is 4.14. The Hall–Kier alpha value is -2.34. The SMILES string of the molecule is C#Cc1nc(C)c(C)c(=O)n1-c1ccc(C)cc1C. The van der Waals surface area contributed by atoms with Crippen LogP contribution in [0, 0.1) is 40.0 Å². The Morgan fingerprint density at radius 1 is 1.21 bits per heavy atom. The van der Waals surface area contributed by atoms with Gasteiger partial charge in [-0.25, -0.2) is 4.98 Å². The molecule has 0 radical (unpaired) electrons. The highest BCUT2D eigenvalue weighted by molar-refractivity contribution is 5.46. The quantitative estimate of drug-likeness (QED) is 0.731. The molecule has 0 atom stereocenters. The third-order valence-corrected chi connectivity index (χ3v) is 3.27. The molecule has 0 saturated heterocycles. The first-order chi connectivity index (χ1) is 8.95. The van der Waals surface area contributed by atoms with E-state index < -0.39 is 0 Å². The molecule has 1 aromatic heterocycles. The van der Waals surface area contributed by atoms with Gasteiger partial charge in [0.2, 0.25) is 0 Å². The molecule has 0 bridgehead atoms. The fraction of sp³-hybridized carbons (Fsp3) is 0.250. The maximum Gasteiger partial charge on any atom is 0.262 e. The zero-order valence-electron chi connectivity index (χ0n) is 11.6. The van der Waals surface area contributed by atoms with Crippen molar-refractivity contribution in [3.63, 3.8) is 0 Å². The highest BCUT2D eigenvalue weighted by atomic mass is 16.1. The summed E-state index contributed by atoms with van der Waals surface area (Å²) in [4.78, 5) is 16.8. The molecule has 2 rings (SSSR count). The van der Waals surface area contributed by atoms with Gasteiger partial charge in [-0.1, -0.05) is 17.7 Å². The van der Waals surface area contributed by atoms with Crippen LogP contribution in [0.2, 0.25) is 0 Å². The Bertz CT molecular complexity index is 749. The van der Waals surface area contributed by atoms with E-state index >= 15 is 0 Å². The number of benzene rings is 1. The van der Waals surface area contributed by atoms with Crippen molar-refractivity contribution in [3.8, 4) is 18.0 Å². The highest BCUT2D eigenvalue weighted by Crippen LogP contribution is 2.16. The molecule has 0 N–H and O–H groups in total. The monoisotopic (exact) mass is 252 g/mol. The van der Waals surface area contributed by atoms with Crippen LogP contribution < -0.4 is 5.56 Å². The van der Waals surface area contributed by atoms with Crippen LogP contribution >= 0.6 is 0 Å². The Morgan fingerprint density at radius 2 is 1.89 bits per heavy atom. The predicted molar refractivity (Wildman–Crippen MR) is 76.7 cm³/mol. The second-order valence-corrected chi connectivity index (χ2v) is 4.72. The minimum Gasteiger partial charge on any atom is -0.269 e. The van der Waals surface area contributed by atoms with Gasteiger partial charge >= 0.3 is 0 Å². The lowest BCUT2D eigenvalue weighted by Crippen LogP contribution is -2.26. The number of terminal acetylenes is 1. The van der Waals surface area contributed by atoms with Gasteiger partial charge in [0, 0.05) is 11.3 Å². The Labute approximate surface area is 112 Å². The molecule has 0 spiro atoms. The molecule has 1 heterocycles. The molecule has 2 aromatic rings. The van der Waals surface area contributed by atoms with E-state index in [0.717, 1.165) is 16.8 Å². The second kappa shape index (κ2) is 4.74. The number of nitrogens with zero attached hydrogens (tertiary/aromatic N) is 2. The first-order valence-electron chi connectivity index (χ1n) is 6.10. The Balaban J connectivity index is 2.86. The molecular weight excluding hydrogens is 236 g/mol. The lowest BCUT2D eigenvalue weighted by molar-refractivity contribution is 0.866. The van der Waals surface area contributed by atoms with Crippen molar-refractivity contribution < 1.29 is 0 Å².